The molecule has 5 nitrogen and oxygen atoms in total. The molecule has 0 bridgehead atoms. The van der Waals surface area contributed by atoms with Gasteiger partial charge in [-0.05, 0) is 43.4 Å². The molecular formula is C16H19NO4. The van der Waals surface area contributed by atoms with Gasteiger partial charge in [0.25, 0.3) is 0 Å². The zero-order chi connectivity index (χ0) is 15.1. The van der Waals surface area contributed by atoms with Gasteiger partial charge in [-0.2, -0.15) is 0 Å². The van der Waals surface area contributed by atoms with Crippen LogP contribution in [0.25, 0.3) is 0 Å². The molecule has 1 heterocycles. The molecule has 3 rings (SSSR count). The molecule has 2 fully saturated rings. The van der Waals surface area contributed by atoms with Gasteiger partial charge in [-0.15, -0.1) is 0 Å². The number of amides is 1. The Morgan fingerprint density at radius 2 is 1.90 bits per heavy atom. The third kappa shape index (κ3) is 2.42. The Balaban J connectivity index is 2.11. The zero-order valence-electron chi connectivity index (χ0n) is 12.2. The van der Waals surface area contributed by atoms with Crippen LogP contribution in [0.3, 0.4) is 0 Å². The average molecular weight is 289 g/mol. The topological polar surface area (TPSA) is 66.8 Å². The maximum atomic E-state index is 12.3. The minimum atomic E-state index is -1.01. The highest BCUT2D eigenvalue weighted by Crippen LogP contribution is 2.41. The van der Waals surface area contributed by atoms with Crippen molar-refractivity contribution in [1.82, 2.24) is 4.90 Å². The van der Waals surface area contributed by atoms with Gasteiger partial charge < -0.3 is 14.7 Å². The summed E-state index contributed by atoms with van der Waals surface area (Å²) in [5.74, 6) is -1.12. The SMILES string of the molecule is Cc1cccc(C)c1C1C(C(=O)O)OCC(=O)N1C1CC1. The Morgan fingerprint density at radius 3 is 2.43 bits per heavy atom. The number of benzene rings is 1. The van der Waals surface area contributed by atoms with Crippen molar-refractivity contribution < 1.29 is 19.4 Å². The van der Waals surface area contributed by atoms with Crippen LogP contribution in [0.1, 0.15) is 35.6 Å². The Morgan fingerprint density at radius 1 is 1.29 bits per heavy atom. The molecule has 1 amide bonds. The largest absolute Gasteiger partial charge is 0.479 e. The molecule has 1 aliphatic heterocycles. The molecule has 2 atom stereocenters. The summed E-state index contributed by atoms with van der Waals surface area (Å²) in [4.78, 5) is 25.6. The first-order valence-corrected chi connectivity index (χ1v) is 7.22. The lowest BCUT2D eigenvalue weighted by atomic mass is 9.90. The molecule has 0 spiro atoms. The van der Waals surface area contributed by atoms with Gasteiger partial charge in [0.05, 0.1) is 6.04 Å². The van der Waals surface area contributed by atoms with Gasteiger partial charge in [-0.1, -0.05) is 18.2 Å². The molecule has 2 aliphatic rings. The summed E-state index contributed by atoms with van der Waals surface area (Å²) in [6.07, 6.45) is 0.891. The van der Waals surface area contributed by atoms with E-state index < -0.39 is 18.1 Å². The molecule has 1 saturated carbocycles. The average Bonchev–Trinajstić information content (AvgIpc) is 3.22. The predicted octanol–water partition coefficient (Wildman–Crippen LogP) is 1.82. The van der Waals surface area contributed by atoms with Gasteiger partial charge in [0.1, 0.15) is 6.61 Å². The second-order valence-corrected chi connectivity index (χ2v) is 5.85. The zero-order valence-corrected chi connectivity index (χ0v) is 12.2. The maximum absolute atomic E-state index is 12.3. The quantitative estimate of drug-likeness (QED) is 0.921. The lowest BCUT2D eigenvalue weighted by molar-refractivity contribution is -0.174. The first-order chi connectivity index (χ1) is 10.0. The summed E-state index contributed by atoms with van der Waals surface area (Å²) in [5.41, 5.74) is 2.90. The number of carbonyl (C=O) groups excluding carboxylic acids is 1. The molecule has 0 aromatic heterocycles. The molecule has 112 valence electrons. The number of nitrogens with zero attached hydrogens (tertiary/aromatic N) is 1. The lowest BCUT2D eigenvalue weighted by Crippen LogP contribution is -2.53. The molecule has 1 aromatic rings. The second kappa shape index (κ2) is 5.15. The van der Waals surface area contributed by atoms with Crippen LogP contribution in [-0.2, 0) is 14.3 Å². The van der Waals surface area contributed by atoms with Crippen molar-refractivity contribution in [2.75, 3.05) is 6.61 Å². The van der Waals surface area contributed by atoms with Crippen LogP contribution in [-0.4, -0.2) is 40.6 Å². The van der Waals surface area contributed by atoms with Crippen LogP contribution in [0.4, 0.5) is 0 Å². The third-order valence-electron chi connectivity index (χ3n) is 4.28. The summed E-state index contributed by atoms with van der Waals surface area (Å²) in [7, 11) is 0. The minimum absolute atomic E-state index is 0.109. The van der Waals surface area contributed by atoms with Gasteiger partial charge in [0.2, 0.25) is 5.91 Å². The fourth-order valence-electron chi connectivity index (χ4n) is 3.20. The molecule has 1 saturated heterocycles. The lowest BCUT2D eigenvalue weighted by Gasteiger charge is -2.41. The number of rotatable bonds is 3. The van der Waals surface area contributed by atoms with Crippen molar-refractivity contribution in [3.05, 3.63) is 34.9 Å². The molecule has 5 heteroatoms. The van der Waals surface area contributed by atoms with Crippen LogP contribution in [0.15, 0.2) is 18.2 Å². The summed E-state index contributed by atoms with van der Waals surface area (Å²) < 4.78 is 5.35. The summed E-state index contributed by atoms with van der Waals surface area (Å²) in [5, 5.41) is 9.50. The molecule has 21 heavy (non-hydrogen) atoms. The standard InChI is InChI=1S/C16H19NO4/c1-9-4-3-5-10(2)13(9)14-15(16(19)20)21-8-12(18)17(14)11-6-7-11/h3-5,11,14-15H,6-8H2,1-2H3,(H,19,20). The van der Waals surface area contributed by atoms with Crippen molar-refractivity contribution in [2.24, 2.45) is 0 Å². The van der Waals surface area contributed by atoms with E-state index in [0.29, 0.717) is 0 Å². The van der Waals surface area contributed by atoms with Crippen LogP contribution in [0.5, 0.6) is 0 Å². The Hall–Kier alpha value is -1.88. The van der Waals surface area contributed by atoms with Crippen LogP contribution < -0.4 is 0 Å². The van der Waals surface area contributed by atoms with E-state index in [4.69, 9.17) is 4.74 Å². The molecular weight excluding hydrogens is 270 g/mol. The van der Waals surface area contributed by atoms with E-state index in [2.05, 4.69) is 0 Å². The van der Waals surface area contributed by atoms with Gasteiger partial charge >= 0.3 is 5.97 Å². The highest BCUT2D eigenvalue weighted by molar-refractivity contribution is 5.83. The van der Waals surface area contributed by atoms with Gasteiger partial charge in [-0.25, -0.2) is 4.79 Å². The van der Waals surface area contributed by atoms with E-state index in [1.54, 1.807) is 4.90 Å². The fraction of sp³-hybridized carbons (Fsp3) is 0.500. The van der Waals surface area contributed by atoms with Gasteiger partial charge in [0.15, 0.2) is 6.10 Å². The Bertz CT molecular complexity index is 574. The number of carboxylic acids is 1. The molecule has 2 unspecified atom stereocenters. The number of hydrogen-bond acceptors (Lipinski definition) is 3. The third-order valence-corrected chi connectivity index (χ3v) is 4.28. The van der Waals surface area contributed by atoms with Crippen LogP contribution >= 0.6 is 0 Å². The number of carbonyl (C=O) groups is 2. The first-order valence-electron chi connectivity index (χ1n) is 7.22. The maximum Gasteiger partial charge on any atom is 0.335 e. The summed E-state index contributed by atoms with van der Waals surface area (Å²) >= 11 is 0. The van der Waals surface area contributed by atoms with Crippen LogP contribution in [0.2, 0.25) is 0 Å². The first kappa shape index (κ1) is 14.1. The number of morpholine rings is 1. The molecule has 0 radical (unpaired) electrons. The highest BCUT2D eigenvalue weighted by atomic mass is 16.5. The van der Waals surface area contributed by atoms with E-state index in [0.717, 1.165) is 29.5 Å². The van der Waals surface area contributed by atoms with Gasteiger partial charge in [-0.3, -0.25) is 4.79 Å². The van der Waals surface area contributed by atoms with E-state index >= 15 is 0 Å². The van der Waals surface area contributed by atoms with E-state index in [1.807, 2.05) is 32.0 Å². The smallest absolute Gasteiger partial charge is 0.335 e. The number of aliphatic carboxylic acids is 1. The molecule has 1 N–H and O–H groups in total. The van der Waals surface area contributed by atoms with E-state index in [1.165, 1.54) is 0 Å². The van der Waals surface area contributed by atoms with Crippen LogP contribution in [0, 0.1) is 13.8 Å². The number of hydrogen-bond donors (Lipinski definition) is 1. The normalized spacial score (nSPS) is 26.0. The van der Waals surface area contributed by atoms with Crippen molar-refractivity contribution in [1.29, 1.82) is 0 Å². The minimum Gasteiger partial charge on any atom is -0.479 e. The molecule has 1 aromatic carbocycles. The van der Waals surface area contributed by atoms with E-state index in [-0.39, 0.29) is 18.6 Å². The van der Waals surface area contributed by atoms with Crippen molar-refractivity contribution in [2.45, 2.75) is 44.9 Å². The Labute approximate surface area is 123 Å². The van der Waals surface area contributed by atoms with Gasteiger partial charge in [0, 0.05) is 6.04 Å². The summed E-state index contributed by atoms with van der Waals surface area (Å²) in [6, 6.07) is 5.47. The predicted molar refractivity (Wildman–Crippen MR) is 75.9 cm³/mol. The number of carboxylic acid groups (broad SMARTS) is 1. The second-order valence-electron chi connectivity index (χ2n) is 5.85. The fourth-order valence-corrected chi connectivity index (χ4v) is 3.20. The monoisotopic (exact) mass is 289 g/mol. The van der Waals surface area contributed by atoms with Crippen molar-refractivity contribution >= 4 is 11.9 Å². The van der Waals surface area contributed by atoms with E-state index in [9.17, 15) is 14.7 Å². The highest BCUT2D eigenvalue weighted by Gasteiger charge is 2.48. The number of aryl methyl sites for hydroxylation is 2. The summed E-state index contributed by atoms with van der Waals surface area (Å²) in [6.45, 7) is 3.76. The number of ether oxygens (including phenoxy) is 1. The van der Waals surface area contributed by atoms with Crippen molar-refractivity contribution in [3.63, 3.8) is 0 Å². The van der Waals surface area contributed by atoms with Crippen molar-refractivity contribution in [3.8, 4) is 0 Å². The molecule has 1 aliphatic carbocycles. The Kier molecular flexibility index (Phi) is 3.45.